The molecule has 6 rings (SSSR count). The van der Waals surface area contributed by atoms with Crippen LogP contribution >= 0.6 is 0 Å². The molecule has 0 bridgehead atoms. The molecule has 2 aliphatic rings. The van der Waals surface area contributed by atoms with Crippen LogP contribution in [0.5, 0.6) is 0 Å². The first kappa shape index (κ1) is 26.9. The summed E-state index contributed by atoms with van der Waals surface area (Å²) in [4.78, 5) is 37.2. The Morgan fingerprint density at radius 3 is 2.44 bits per heavy atom. The summed E-state index contributed by atoms with van der Waals surface area (Å²) in [5.74, 6) is -0.479. The standard InChI is InChI=1S/C33H38N6O2/c1-23(29-21-34-30-11-7-6-10-28(29)30)31(32(40)35-26-13-12-24-14-15-37(2)22-25(24)20-26)36-33(41)39-18-16-38(17-19-39)27-8-4-3-5-9-27/h3-13,20-21,23,31,34H,14-19,22H2,1-2H3,(H,35,40)(H,36,41)/t23-,31+/m0/s1. The Morgan fingerprint density at radius 1 is 0.878 bits per heavy atom. The Balaban J connectivity index is 1.21. The van der Waals surface area contributed by atoms with Gasteiger partial charge in [-0.05, 0) is 60.5 Å². The Labute approximate surface area is 241 Å². The highest BCUT2D eigenvalue weighted by atomic mass is 16.2. The first-order valence-corrected chi connectivity index (χ1v) is 14.5. The lowest BCUT2D eigenvalue weighted by molar-refractivity contribution is -0.118. The van der Waals surface area contributed by atoms with Gasteiger partial charge in [-0.1, -0.05) is 49.4 Å². The second kappa shape index (κ2) is 11.7. The molecule has 1 fully saturated rings. The molecule has 3 amide bonds. The van der Waals surface area contributed by atoms with Crippen LogP contribution in [0.4, 0.5) is 16.2 Å². The van der Waals surface area contributed by atoms with E-state index in [4.69, 9.17) is 0 Å². The van der Waals surface area contributed by atoms with Gasteiger partial charge < -0.3 is 30.3 Å². The molecular weight excluding hydrogens is 512 g/mol. The molecule has 41 heavy (non-hydrogen) atoms. The van der Waals surface area contributed by atoms with Gasteiger partial charge in [-0.25, -0.2) is 4.79 Å². The van der Waals surface area contributed by atoms with Crippen molar-refractivity contribution in [2.75, 3.05) is 50.0 Å². The maximum atomic E-state index is 13.9. The fraction of sp³-hybridized carbons (Fsp3) is 0.333. The molecular formula is C33H38N6O2. The van der Waals surface area contributed by atoms with E-state index in [1.54, 1.807) is 0 Å². The molecule has 3 heterocycles. The SMILES string of the molecule is C[C@@H](c1c[nH]c2ccccc12)[C@@H](NC(=O)N1CCN(c2ccccc2)CC1)C(=O)Nc1ccc2c(c1)CN(C)CC2. The number of fused-ring (bicyclic) bond motifs is 2. The molecule has 212 valence electrons. The third-order valence-electron chi connectivity index (χ3n) is 8.54. The number of benzene rings is 3. The van der Waals surface area contributed by atoms with Crippen LogP contribution in [-0.2, 0) is 17.8 Å². The van der Waals surface area contributed by atoms with Crippen molar-refractivity contribution < 1.29 is 9.59 Å². The number of likely N-dealkylation sites (N-methyl/N-ethyl adjacent to an activating group) is 1. The summed E-state index contributed by atoms with van der Waals surface area (Å²) in [5.41, 5.74) is 6.49. The van der Waals surface area contributed by atoms with Gasteiger partial charge in [-0.3, -0.25) is 4.79 Å². The van der Waals surface area contributed by atoms with E-state index in [1.165, 1.54) is 11.1 Å². The number of amides is 3. The van der Waals surface area contributed by atoms with Crippen molar-refractivity contribution in [3.05, 3.63) is 95.7 Å². The lowest BCUT2D eigenvalue weighted by atomic mass is 9.92. The van der Waals surface area contributed by atoms with Crippen molar-refractivity contribution in [1.29, 1.82) is 0 Å². The Hall–Kier alpha value is -4.30. The Bertz CT molecular complexity index is 1530. The van der Waals surface area contributed by atoms with Crippen molar-refractivity contribution in [2.24, 2.45) is 0 Å². The van der Waals surface area contributed by atoms with Gasteiger partial charge in [0.05, 0.1) is 0 Å². The van der Waals surface area contributed by atoms with Crippen LogP contribution in [0.3, 0.4) is 0 Å². The van der Waals surface area contributed by atoms with E-state index in [-0.39, 0.29) is 17.9 Å². The summed E-state index contributed by atoms with van der Waals surface area (Å²) in [6.45, 7) is 6.58. The number of carbonyl (C=O) groups excluding carboxylic acids is 2. The van der Waals surface area contributed by atoms with E-state index in [2.05, 4.69) is 62.8 Å². The number of anilines is 2. The number of para-hydroxylation sites is 2. The van der Waals surface area contributed by atoms with Crippen LogP contribution in [0, 0.1) is 0 Å². The van der Waals surface area contributed by atoms with E-state index < -0.39 is 6.04 Å². The second-order valence-corrected chi connectivity index (χ2v) is 11.3. The maximum Gasteiger partial charge on any atom is 0.318 e. The summed E-state index contributed by atoms with van der Waals surface area (Å²) in [6, 6.07) is 23.5. The van der Waals surface area contributed by atoms with Crippen molar-refractivity contribution in [2.45, 2.75) is 31.8 Å². The number of nitrogens with zero attached hydrogens (tertiary/aromatic N) is 3. The van der Waals surface area contributed by atoms with Gasteiger partial charge in [-0.15, -0.1) is 0 Å². The second-order valence-electron chi connectivity index (χ2n) is 11.3. The van der Waals surface area contributed by atoms with Crippen LogP contribution in [-0.4, -0.2) is 72.5 Å². The van der Waals surface area contributed by atoms with Crippen LogP contribution < -0.4 is 15.5 Å². The molecule has 1 saturated heterocycles. The summed E-state index contributed by atoms with van der Waals surface area (Å²) < 4.78 is 0. The van der Waals surface area contributed by atoms with Gasteiger partial charge in [0.25, 0.3) is 0 Å². The zero-order chi connectivity index (χ0) is 28.3. The molecule has 3 N–H and O–H groups in total. The number of hydrogen-bond donors (Lipinski definition) is 3. The maximum absolute atomic E-state index is 13.9. The highest BCUT2D eigenvalue weighted by Gasteiger charge is 2.32. The molecule has 3 aromatic carbocycles. The average Bonchev–Trinajstić information content (AvgIpc) is 3.44. The molecule has 2 atom stereocenters. The fourth-order valence-corrected chi connectivity index (χ4v) is 6.09. The van der Waals surface area contributed by atoms with Gasteiger partial charge in [-0.2, -0.15) is 0 Å². The number of piperazine rings is 1. The summed E-state index contributed by atoms with van der Waals surface area (Å²) >= 11 is 0. The molecule has 0 unspecified atom stereocenters. The van der Waals surface area contributed by atoms with E-state index in [9.17, 15) is 9.59 Å². The van der Waals surface area contributed by atoms with Crippen molar-refractivity contribution in [3.8, 4) is 0 Å². The summed E-state index contributed by atoms with van der Waals surface area (Å²) in [5, 5.41) is 7.30. The lowest BCUT2D eigenvalue weighted by Crippen LogP contribution is -2.56. The minimum absolute atomic E-state index is 0.211. The molecule has 0 saturated carbocycles. The number of hydrogen-bond acceptors (Lipinski definition) is 4. The summed E-state index contributed by atoms with van der Waals surface area (Å²) in [6.07, 6.45) is 2.96. The van der Waals surface area contributed by atoms with Crippen LogP contribution in [0.25, 0.3) is 10.9 Å². The Kier molecular flexibility index (Phi) is 7.65. The van der Waals surface area contributed by atoms with Crippen LogP contribution in [0.2, 0.25) is 0 Å². The normalized spacial score (nSPS) is 17.1. The smallest absolute Gasteiger partial charge is 0.318 e. The molecule has 1 aromatic heterocycles. The summed E-state index contributed by atoms with van der Waals surface area (Å²) in [7, 11) is 2.11. The lowest BCUT2D eigenvalue weighted by Gasteiger charge is -2.37. The third kappa shape index (κ3) is 5.79. The molecule has 4 aromatic rings. The number of nitrogens with one attached hydrogen (secondary N) is 3. The largest absolute Gasteiger partial charge is 0.368 e. The monoisotopic (exact) mass is 550 g/mol. The van der Waals surface area contributed by atoms with Crippen molar-refractivity contribution >= 4 is 34.2 Å². The molecule has 0 aliphatic carbocycles. The zero-order valence-corrected chi connectivity index (χ0v) is 23.8. The predicted octanol–water partition coefficient (Wildman–Crippen LogP) is 4.80. The predicted molar refractivity (Wildman–Crippen MR) is 164 cm³/mol. The van der Waals surface area contributed by atoms with E-state index in [0.29, 0.717) is 13.1 Å². The fourth-order valence-electron chi connectivity index (χ4n) is 6.09. The van der Waals surface area contributed by atoms with Gasteiger partial charge >= 0.3 is 6.03 Å². The van der Waals surface area contributed by atoms with Crippen LogP contribution in [0.15, 0.2) is 79.0 Å². The highest BCUT2D eigenvalue weighted by molar-refractivity contribution is 5.98. The number of carbonyl (C=O) groups is 2. The molecule has 8 heteroatoms. The zero-order valence-electron chi connectivity index (χ0n) is 23.8. The molecule has 0 radical (unpaired) electrons. The first-order valence-electron chi connectivity index (χ1n) is 14.5. The molecule has 8 nitrogen and oxygen atoms in total. The molecule has 0 spiro atoms. The van der Waals surface area contributed by atoms with E-state index in [0.717, 1.165) is 60.4 Å². The van der Waals surface area contributed by atoms with E-state index >= 15 is 0 Å². The first-order chi connectivity index (χ1) is 20.0. The Morgan fingerprint density at radius 2 is 1.63 bits per heavy atom. The number of rotatable bonds is 6. The molecule has 2 aliphatic heterocycles. The third-order valence-corrected chi connectivity index (χ3v) is 8.54. The number of urea groups is 1. The van der Waals surface area contributed by atoms with E-state index in [1.807, 2.05) is 60.5 Å². The number of aromatic nitrogens is 1. The van der Waals surface area contributed by atoms with Gasteiger partial charge in [0.2, 0.25) is 5.91 Å². The quantitative estimate of drug-likeness (QED) is 0.322. The van der Waals surface area contributed by atoms with Crippen molar-refractivity contribution in [3.63, 3.8) is 0 Å². The average molecular weight is 551 g/mol. The van der Waals surface area contributed by atoms with Gasteiger partial charge in [0, 0.05) is 73.7 Å². The minimum Gasteiger partial charge on any atom is -0.368 e. The topological polar surface area (TPSA) is 83.7 Å². The highest BCUT2D eigenvalue weighted by Crippen LogP contribution is 2.29. The van der Waals surface area contributed by atoms with Gasteiger partial charge in [0.1, 0.15) is 6.04 Å². The number of aromatic amines is 1. The van der Waals surface area contributed by atoms with Crippen molar-refractivity contribution in [1.82, 2.24) is 20.1 Å². The van der Waals surface area contributed by atoms with Gasteiger partial charge in [0.15, 0.2) is 0 Å². The minimum atomic E-state index is -0.757. The van der Waals surface area contributed by atoms with Crippen LogP contribution in [0.1, 0.15) is 29.5 Å². The number of H-pyrrole nitrogens is 1.